The van der Waals surface area contributed by atoms with Crippen LogP contribution in [0.1, 0.15) is 47.3 Å². The van der Waals surface area contributed by atoms with Crippen LogP contribution in [0.15, 0.2) is 29.2 Å². The number of benzene rings is 1. The number of fused-ring (bicyclic) bond motifs is 2. The lowest BCUT2D eigenvalue weighted by molar-refractivity contribution is 0.0949. The van der Waals surface area contributed by atoms with Crippen LogP contribution in [0.4, 0.5) is 0 Å². The Hall–Kier alpha value is -2.10. The molecule has 4 rings (SSSR count). The summed E-state index contributed by atoms with van der Waals surface area (Å²) >= 11 is 1.44. The molecule has 2 heterocycles. The van der Waals surface area contributed by atoms with Gasteiger partial charge in [0.2, 0.25) is 0 Å². The third-order valence-electron chi connectivity index (χ3n) is 5.65. The SMILES string of the molecule is CC(C)(C)C1CCc2sc(C(=O)NNS(=O)(=O)c3ccc4c(c3)OCCO4)cc2C1. The van der Waals surface area contributed by atoms with E-state index in [9.17, 15) is 13.2 Å². The molecule has 1 aliphatic carbocycles. The maximum atomic E-state index is 12.6. The Balaban J connectivity index is 1.43. The van der Waals surface area contributed by atoms with Gasteiger partial charge >= 0.3 is 0 Å². The molecule has 0 spiro atoms. The Bertz CT molecular complexity index is 1070. The molecule has 162 valence electrons. The molecule has 9 heteroatoms. The monoisotopic (exact) mass is 450 g/mol. The van der Waals surface area contributed by atoms with Gasteiger partial charge in [-0.2, -0.15) is 0 Å². The van der Waals surface area contributed by atoms with Crippen molar-refractivity contribution in [1.82, 2.24) is 10.3 Å². The van der Waals surface area contributed by atoms with Gasteiger partial charge in [0.15, 0.2) is 11.5 Å². The van der Waals surface area contributed by atoms with Crippen molar-refractivity contribution in [3.8, 4) is 11.5 Å². The van der Waals surface area contributed by atoms with Gasteiger partial charge in [-0.1, -0.05) is 20.8 Å². The number of sulfonamides is 1. The number of hydrogen-bond donors (Lipinski definition) is 2. The second kappa shape index (κ2) is 7.86. The van der Waals surface area contributed by atoms with Crippen molar-refractivity contribution < 1.29 is 22.7 Å². The van der Waals surface area contributed by atoms with Gasteiger partial charge in [0.05, 0.1) is 9.77 Å². The van der Waals surface area contributed by atoms with Crippen LogP contribution in [-0.4, -0.2) is 27.5 Å². The van der Waals surface area contributed by atoms with Gasteiger partial charge in [-0.3, -0.25) is 10.2 Å². The van der Waals surface area contributed by atoms with Gasteiger partial charge < -0.3 is 9.47 Å². The predicted molar refractivity (Wildman–Crippen MR) is 115 cm³/mol. The number of aryl methyl sites for hydroxylation is 1. The summed E-state index contributed by atoms with van der Waals surface area (Å²) in [5, 5.41) is 0. The molecule has 0 saturated heterocycles. The first kappa shape index (κ1) is 21.1. The van der Waals surface area contributed by atoms with E-state index in [4.69, 9.17) is 9.47 Å². The maximum Gasteiger partial charge on any atom is 0.276 e. The average Bonchev–Trinajstić information content (AvgIpc) is 3.14. The first-order valence-electron chi connectivity index (χ1n) is 9.97. The molecule has 30 heavy (non-hydrogen) atoms. The Morgan fingerprint density at radius 1 is 1.13 bits per heavy atom. The summed E-state index contributed by atoms with van der Waals surface area (Å²) in [5.74, 6) is 0.990. The molecule has 1 amide bonds. The summed E-state index contributed by atoms with van der Waals surface area (Å²) in [5.41, 5.74) is 3.75. The van der Waals surface area contributed by atoms with Crippen molar-refractivity contribution in [3.63, 3.8) is 0 Å². The highest BCUT2D eigenvalue weighted by Crippen LogP contribution is 2.40. The molecule has 2 N–H and O–H groups in total. The smallest absolute Gasteiger partial charge is 0.276 e. The molecule has 1 aliphatic heterocycles. The van der Waals surface area contributed by atoms with Gasteiger partial charge in [-0.25, -0.2) is 8.42 Å². The van der Waals surface area contributed by atoms with Crippen LogP contribution in [0, 0.1) is 11.3 Å². The topological polar surface area (TPSA) is 93.7 Å². The molecule has 1 aromatic heterocycles. The van der Waals surface area contributed by atoms with E-state index in [-0.39, 0.29) is 10.3 Å². The molecule has 2 aromatic rings. The van der Waals surface area contributed by atoms with Gasteiger partial charge in [-0.05, 0) is 54.4 Å². The molecular formula is C21H26N2O5S2. The van der Waals surface area contributed by atoms with Gasteiger partial charge in [0, 0.05) is 10.9 Å². The second-order valence-electron chi connectivity index (χ2n) is 8.73. The minimum atomic E-state index is -3.94. The quantitative estimate of drug-likeness (QED) is 0.697. The van der Waals surface area contributed by atoms with E-state index in [2.05, 4.69) is 31.0 Å². The van der Waals surface area contributed by atoms with Gasteiger partial charge in [0.1, 0.15) is 13.2 Å². The molecule has 7 nitrogen and oxygen atoms in total. The molecule has 2 aliphatic rings. The molecule has 1 atom stereocenters. The minimum absolute atomic E-state index is 0.00876. The third-order valence-corrected chi connectivity index (χ3v) is 8.14. The van der Waals surface area contributed by atoms with Crippen molar-refractivity contribution >= 4 is 27.3 Å². The van der Waals surface area contributed by atoms with Crippen LogP contribution in [0.2, 0.25) is 0 Å². The zero-order valence-electron chi connectivity index (χ0n) is 17.3. The number of amides is 1. The molecular weight excluding hydrogens is 424 g/mol. The lowest BCUT2D eigenvalue weighted by atomic mass is 9.72. The fourth-order valence-corrected chi connectivity index (χ4v) is 5.76. The Kier molecular flexibility index (Phi) is 5.54. The van der Waals surface area contributed by atoms with E-state index in [1.807, 2.05) is 6.07 Å². The van der Waals surface area contributed by atoms with E-state index in [0.717, 1.165) is 19.3 Å². The second-order valence-corrected chi connectivity index (χ2v) is 11.5. The van der Waals surface area contributed by atoms with Crippen molar-refractivity contribution in [2.45, 2.75) is 44.9 Å². The molecule has 1 aromatic carbocycles. The number of ether oxygens (including phenoxy) is 2. The Morgan fingerprint density at radius 2 is 1.87 bits per heavy atom. The first-order chi connectivity index (χ1) is 14.1. The van der Waals surface area contributed by atoms with Gasteiger partial charge in [0.25, 0.3) is 15.9 Å². The maximum absolute atomic E-state index is 12.6. The van der Waals surface area contributed by atoms with Crippen molar-refractivity contribution in [2.75, 3.05) is 13.2 Å². The number of thiophene rings is 1. The van der Waals surface area contributed by atoms with Crippen LogP contribution >= 0.6 is 11.3 Å². The number of carbonyl (C=O) groups is 1. The van der Waals surface area contributed by atoms with Crippen molar-refractivity contribution in [1.29, 1.82) is 0 Å². The fourth-order valence-electron chi connectivity index (χ4n) is 3.80. The van der Waals surface area contributed by atoms with Crippen LogP contribution in [0.3, 0.4) is 0 Å². The molecule has 1 unspecified atom stereocenters. The highest BCUT2D eigenvalue weighted by molar-refractivity contribution is 7.89. The lowest BCUT2D eigenvalue weighted by Gasteiger charge is -2.33. The van der Waals surface area contributed by atoms with E-state index < -0.39 is 15.9 Å². The summed E-state index contributed by atoms with van der Waals surface area (Å²) in [6.07, 6.45) is 3.01. The normalized spacial score (nSPS) is 18.6. The summed E-state index contributed by atoms with van der Waals surface area (Å²) in [6, 6.07) is 6.24. The predicted octanol–water partition coefficient (Wildman–Crippen LogP) is 3.29. The Labute approximate surface area is 180 Å². The zero-order chi connectivity index (χ0) is 21.5. The van der Waals surface area contributed by atoms with E-state index >= 15 is 0 Å². The van der Waals surface area contributed by atoms with Crippen molar-refractivity contribution in [3.05, 3.63) is 39.6 Å². The molecule has 0 saturated carbocycles. The summed E-state index contributed by atoms with van der Waals surface area (Å²) in [6.45, 7) is 7.52. The van der Waals surface area contributed by atoms with E-state index in [1.165, 1.54) is 33.9 Å². The first-order valence-corrected chi connectivity index (χ1v) is 12.3. The summed E-state index contributed by atoms with van der Waals surface area (Å²) < 4.78 is 36.0. The molecule has 0 radical (unpaired) electrons. The fraction of sp³-hybridized carbons (Fsp3) is 0.476. The third kappa shape index (κ3) is 4.33. The average molecular weight is 451 g/mol. The van der Waals surface area contributed by atoms with Crippen LogP contribution < -0.4 is 19.7 Å². The summed E-state index contributed by atoms with van der Waals surface area (Å²) in [7, 11) is -3.94. The zero-order valence-corrected chi connectivity index (χ0v) is 18.9. The van der Waals surface area contributed by atoms with E-state index in [1.54, 1.807) is 6.07 Å². The van der Waals surface area contributed by atoms with Crippen LogP contribution in [0.25, 0.3) is 0 Å². The number of hydrazine groups is 1. The lowest BCUT2D eigenvalue weighted by Crippen LogP contribution is -2.41. The van der Waals surface area contributed by atoms with Crippen molar-refractivity contribution in [2.24, 2.45) is 11.3 Å². The summed E-state index contributed by atoms with van der Waals surface area (Å²) in [4.78, 5) is 16.5. The number of rotatable bonds is 4. The molecule has 0 fully saturated rings. The number of hydrogen-bond acceptors (Lipinski definition) is 6. The number of carbonyl (C=O) groups excluding carboxylic acids is 1. The minimum Gasteiger partial charge on any atom is -0.486 e. The largest absolute Gasteiger partial charge is 0.486 e. The Morgan fingerprint density at radius 3 is 2.60 bits per heavy atom. The molecule has 0 bridgehead atoms. The van der Waals surface area contributed by atoms with Crippen LogP contribution in [0.5, 0.6) is 11.5 Å². The van der Waals surface area contributed by atoms with Crippen LogP contribution in [-0.2, 0) is 22.9 Å². The highest BCUT2D eigenvalue weighted by atomic mass is 32.2. The van der Waals surface area contributed by atoms with Gasteiger partial charge in [-0.15, -0.1) is 16.2 Å². The number of nitrogens with one attached hydrogen (secondary N) is 2. The van der Waals surface area contributed by atoms with E-state index in [0.29, 0.717) is 35.5 Å². The highest BCUT2D eigenvalue weighted by Gasteiger charge is 2.30. The standard InChI is InChI=1S/C21H26N2O5S2/c1-21(2,3)14-4-7-18-13(10-14)11-19(29-18)20(24)22-23-30(25,26)15-5-6-16-17(12-15)28-9-8-27-16/h5-6,11-12,14,23H,4,7-10H2,1-3H3,(H,22,24).